The first-order valence-corrected chi connectivity index (χ1v) is 12.6. The second-order valence-electron chi connectivity index (χ2n) is 7.92. The summed E-state index contributed by atoms with van der Waals surface area (Å²) in [7, 11) is -0.375. The third-order valence-electron chi connectivity index (χ3n) is 5.85. The van der Waals surface area contributed by atoms with Crippen LogP contribution in [0.2, 0.25) is 0 Å². The fourth-order valence-corrected chi connectivity index (χ4v) is 7.11. The van der Waals surface area contributed by atoms with Crippen LogP contribution < -0.4 is 10.6 Å². The van der Waals surface area contributed by atoms with E-state index in [0.29, 0.717) is 0 Å². The summed E-state index contributed by atoms with van der Waals surface area (Å²) in [6.45, 7) is 2.29. The normalized spacial score (nSPS) is 11.5. The Kier molecular flexibility index (Phi) is 6.96. The second kappa shape index (κ2) is 10.0. The molecule has 4 rings (SSSR count). The molecule has 148 valence electrons. The Bertz CT molecular complexity index is 976. The summed E-state index contributed by atoms with van der Waals surface area (Å²) in [5.41, 5.74) is 0. The molecular weight excluding hydrogens is 367 g/mol. The van der Waals surface area contributed by atoms with Crippen molar-refractivity contribution in [2.24, 2.45) is 0 Å². The molecule has 4 aromatic carbocycles. The third-order valence-corrected chi connectivity index (χ3v) is 8.56. The molecule has 0 nitrogen and oxygen atoms in total. The number of hydrogen-bond donors (Lipinski definition) is 0. The van der Waals surface area contributed by atoms with Gasteiger partial charge in [0.25, 0.3) is 0 Å². The fraction of sp³-hybridized carbons (Fsp3) is 0.286. The topological polar surface area (TPSA) is 0 Å². The molecule has 0 aromatic heterocycles. The van der Waals surface area contributed by atoms with Crippen molar-refractivity contribution in [2.45, 2.75) is 45.4 Å². The lowest BCUT2D eigenvalue weighted by atomic mass is 10.1. The van der Waals surface area contributed by atoms with Gasteiger partial charge in [-0.1, -0.05) is 124 Å². The maximum atomic E-state index is 2.38. The monoisotopic (exact) mass is 398 g/mol. The summed E-state index contributed by atoms with van der Waals surface area (Å²) in [6, 6.07) is 31.6. The molecule has 4 aromatic rings. The molecule has 0 aliphatic carbocycles. The fourth-order valence-electron chi connectivity index (χ4n) is 4.31. The van der Waals surface area contributed by atoms with E-state index in [1.165, 1.54) is 66.2 Å². The van der Waals surface area contributed by atoms with Crippen LogP contribution >= 0.6 is 7.92 Å². The molecule has 0 aliphatic heterocycles. The van der Waals surface area contributed by atoms with E-state index in [0.717, 1.165) is 0 Å². The zero-order valence-corrected chi connectivity index (χ0v) is 18.4. The van der Waals surface area contributed by atoms with Crippen LogP contribution in [0.1, 0.15) is 45.4 Å². The number of unbranched alkanes of at least 4 members (excludes halogenated alkanes) is 5. The Labute approximate surface area is 176 Å². The van der Waals surface area contributed by atoms with Crippen molar-refractivity contribution in [3.8, 4) is 0 Å². The summed E-state index contributed by atoms with van der Waals surface area (Å²) < 4.78 is 0. The summed E-state index contributed by atoms with van der Waals surface area (Å²) >= 11 is 0. The van der Waals surface area contributed by atoms with Crippen molar-refractivity contribution in [1.82, 2.24) is 0 Å². The van der Waals surface area contributed by atoms with Gasteiger partial charge in [0.2, 0.25) is 0 Å². The molecule has 1 heteroatoms. The maximum absolute atomic E-state index is 2.38. The predicted octanol–water partition coefficient (Wildman–Crippen LogP) is 7.79. The zero-order chi connectivity index (χ0) is 19.9. The lowest BCUT2D eigenvalue weighted by Gasteiger charge is -2.22. The van der Waals surface area contributed by atoms with Gasteiger partial charge in [-0.15, -0.1) is 0 Å². The van der Waals surface area contributed by atoms with Crippen molar-refractivity contribution in [2.75, 3.05) is 6.16 Å². The highest BCUT2D eigenvalue weighted by Crippen LogP contribution is 2.39. The molecule has 0 amide bonds. The molecule has 29 heavy (non-hydrogen) atoms. The van der Waals surface area contributed by atoms with Gasteiger partial charge in [-0.05, 0) is 52.7 Å². The van der Waals surface area contributed by atoms with Crippen molar-refractivity contribution in [3.05, 3.63) is 84.9 Å². The highest BCUT2D eigenvalue weighted by Gasteiger charge is 2.18. The van der Waals surface area contributed by atoms with Gasteiger partial charge in [-0.25, -0.2) is 0 Å². The van der Waals surface area contributed by atoms with Crippen molar-refractivity contribution in [3.63, 3.8) is 0 Å². The van der Waals surface area contributed by atoms with E-state index in [-0.39, 0.29) is 7.92 Å². The van der Waals surface area contributed by atoms with Crippen LogP contribution in [0.15, 0.2) is 84.9 Å². The SMILES string of the molecule is CCCCCCCCP(c1cccc2ccccc12)c1cccc2ccccc12. The Morgan fingerprint density at radius 1 is 0.517 bits per heavy atom. The van der Waals surface area contributed by atoms with Gasteiger partial charge in [-0.2, -0.15) is 0 Å². The van der Waals surface area contributed by atoms with Gasteiger partial charge in [-0.3, -0.25) is 0 Å². The second-order valence-corrected chi connectivity index (χ2v) is 10.2. The number of fused-ring (bicyclic) bond motifs is 2. The standard InChI is InChI=1S/C28H31P/c1-2-3-4-5-6-11-22-29(27-20-12-16-23-14-7-9-18-25(23)27)28-21-13-17-24-15-8-10-19-26(24)28/h7-10,12-21H,2-6,11,22H2,1H3. The highest BCUT2D eigenvalue weighted by atomic mass is 31.1. The van der Waals surface area contributed by atoms with Crippen LogP contribution in [-0.4, -0.2) is 6.16 Å². The average molecular weight is 399 g/mol. The first-order valence-electron chi connectivity index (χ1n) is 11.1. The molecule has 0 saturated carbocycles. The van der Waals surface area contributed by atoms with E-state index < -0.39 is 0 Å². The predicted molar refractivity (Wildman–Crippen MR) is 132 cm³/mol. The van der Waals surface area contributed by atoms with Crippen LogP contribution in [0.5, 0.6) is 0 Å². The zero-order valence-electron chi connectivity index (χ0n) is 17.5. The van der Waals surface area contributed by atoms with Gasteiger partial charge in [0.1, 0.15) is 0 Å². The van der Waals surface area contributed by atoms with E-state index in [1.54, 1.807) is 10.6 Å². The smallest absolute Gasteiger partial charge is 0.0104 e. The first-order chi connectivity index (χ1) is 14.4. The van der Waals surface area contributed by atoms with Crippen molar-refractivity contribution >= 4 is 40.1 Å². The van der Waals surface area contributed by atoms with Crippen molar-refractivity contribution in [1.29, 1.82) is 0 Å². The molecule has 0 bridgehead atoms. The average Bonchev–Trinajstić information content (AvgIpc) is 2.78. The Hall–Kier alpha value is -2.17. The molecule has 0 atom stereocenters. The van der Waals surface area contributed by atoms with Gasteiger partial charge in [0.15, 0.2) is 0 Å². The summed E-state index contributed by atoms with van der Waals surface area (Å²) in [5, 5.41) is 8.67. The highest BCUT2D eigenvalue weighted by molar-refractivity contribution is 7.73. The van der Waals surface area contributed by atoms with Crippen LogP contribution in [0.25, 0.3) is 21.5 Å². The van der Waals surface area contributed by atoms with E-state index in [1.807, 2.05) is 0 Å². The van der Waals surface area contributed by atoms with E-state index in [9.17, 15) is 0 Å². The minimum Gasteiger partial charge on any atom is -0.0654 e. The Morgan fingerprint density at radius 3 is 1.59 bits per heavy atom. The number of hydrogen-bond acceptors (Lipinski definition) is 0. The third kappa shape index (κ3) is 4.71. The van der Waals surface area contributed by atoms with Crippen molar-refractivity contribution < 1.29 is 0 Å². The number of benzene rings is 4. The van der Waals surface area contributed by atoms with Crippen LogP contribution in [0.4, 0.5) is 0 Å². The van der Waals surface area contributed by atoms with Crippen LogP contribution in [0, 0.1) is 0 Å². The largest absolute Gasteiger partial charge is 0.0654 e. The minimum absolute atomic E-state index is 0.375. The Balaban J connectivity index is 1.71. The number of rotatable bonds is 9. The van der Waals surface area contributed by atoms with E-state index in [2.05, 4.69) is 91.9 Å². The molecule has 0 spiro atoms. The lowest BCUT2D eigenvalue weighted by Crippen LogP contribution is -2.16. The molecule has 0 unspecified atom stereocenters. The van der Waals surface area contributed by atoms with Gasteiger partial charge < -0.3 is 0 Å². The molecule has 0 heterocycles. The van der Waals surface area contributed by atoms with Gasteiger partial charge >= 0.3 is 0 Å². The maximum Gasteiger partial charge on any atom is -0.0104 e. The lowest BCUT2D eigenvalue weighted by molar-refractivity contribution is 0.626. The molecule has 0 saturated heterocycles. The van der Waals surface area contributed by atoms with E-state index in [4.69, 9.17) is 0 Å². The minimum atomic E-state index is -0.375. The van der Waals surface area contributed by atoms with E-state index >= 15 is 0 Å². The summed E-state index contributed by atoms with van der Waals surface area (Å²) in [6.07, 6.45) is 9.42. The molecule has 0 aliphatic rings. The van der Waals surface area contributed by atoms with Crippen LogP contribution in [-0.2, 0) is 0 Å². The first kappa shape index (κ1) is 20.1. The van der Waals surface area contributed by atoms with Gasteiger partial charge in [0.05, 0.1) is 0 Å². The molecule has 0 fully saturated rings. The summed E-state index contributed by atoms with van der Waals surface area (Å²) in [5.74, 6) is 0. The Morgan fingerprint density at radius 2 is 1.00 bits per heavy atom. The van der Waals surface area contributed by atoms with Gasteiger partial charge in [0, 0.05) is 0 Å². The quantitative estimate of drug-likeness (QED) is 0.199. The summed E-state index contributed by atoms with van der Waals surface area (Å²) in [4.78, 5) is 0. The molecular formula is C28H31P. The molecule has 0 radical (unpaired) electrons. The molecule has 0 N–H and O–H groups in total. The van der Waals surface area contributed by atoms with Crippen LogP contribution in [0.3, 0.4) is 0 Å².